The average Bonchev–Trinajstić information content (AvgIpc) is 3.11. The van der Waals surface area contributed by atoms with Crippen molar-refractivity contribution in [2.75, 3.05) is 18.6 Å². The molecule has 1 N–H and O–H groups in total. The summed E-state index contributed by atoms with van der Waals surface area (Å²) in [5, 5.41) is 9.18. The first-order valence-electron chi connectivity index (χ1n) is 7.21. The van der Waals surface area contributed by atoms with E-state index >= 15 is 0 Å². The van der Waals surface area contributed by atoms with E-state index in [1.54, 1.807) is 29.5 Å². The normalized spacial score (nSPS) is 13.9. The molecule has 24 heavy (non-hydrogen) atoms. The monoisotopic (exact) mass is 343 g/mol. The molecule has 1 aliphatic rings. The van der Waals surface area contributed by atoms with Gasteiger partial charge in [0.2, 0.25) is 0 Å². The second kappa shape index (κ2) is 5.07. The first kappa shape index (κ1) is 14.7. The predicted molar refractivity (Wildman–Crippen MR) is 89.1 cm³/mol. The number of nitrogens with zero attached hydrogens (tertiary/aromatic N) is 3. The van der Waals surface area contributed by atoms with Gasteiger partial charge in [-0.1, -0.05) is 11.3 Å². The summed E-state index contributed by atoms with van der Waals surface area (Å²) in [6, 6.07) is 5.55. The van der Waals surface area contributed by atoms with E-state index in [2.05, 4.69) is 4.98 Å². The van der Waals surface area contributed by atoms with E-state index in [-0.39, 0.29) is 17.4 Å². The number of hydrogen-bond acceptors (Lipinski definition) is 5. The van der Waals surface area contributed by atoms with Crippen LogP contribution in [0.1, 0.15) is 15.4 Å². The van der Waals surface area contributed by atoms with E-state index in [9.17, 15) is 14.7 Å². The fourth-order valence-corrected chi connectivity index (χ4v) is 3.67. The van der Waals surface area contributed by atoms with Crippen LogP contribution in [0.4, 0.5) is 5.69 Å². The number of imidazole rings is 1. The van der Waals surface area contributed by atoms with Gasteiger partial charge in [-0.2, -0.15) is 0 Å². The highest BCUT2D eigenvalue weighted by atomic mass is 32.1. The number of benzene rings is 1. The number of carbonyl (C=O) groups excluding carboxylic acids is 1. The zero-order valence-electron chi connectivity index (χ0n) is 12.9. The highest BCUT2D eigenvalue weighted by Crippen LogP contribution is 2.36. The molecule has 1 aliphatic heterocycles. The van der Waals surface area contributed by atoms with Crippen molar-refractivity contribution in [2.24, 2.45) is 0 Å². The smallest absolute Gasteiger partial charge is 0.347 e. The number of rotatable bonds is 2. The lowest BCUT2D eigenvalue weighted by atomic mass is 10.1. The molecule has 4 rings (SSSR count). The summed E-state index contributed by atoms with van der Waals surface area (Å²) in [6.07, 6.45) is 1.81. The van der Waals surface area contributed by atoms with Gasteiger partial charge in [0.1, 0.15) is 10.6 Å². The van der Waals surface area contributed by atoms with Gasteiger partial charge >= 0.3 is 5.97 Å². The van der Waals surface area contributed by atoms with E-state index in [1.165, 1.54) is 0 Å². The zero-order valence-corrected chi connectivity index (χ0v) is 13.8. The molecule has 3 aromatic rings. The van der Waals surface area contributed by atoms with Gasteiger partial charge in [-0.3, -0.25) is 9.20 Å². The number of likely N-dealkylation sites (N-methyl/N-ethyl adjacent to an activating group) is 1. The number of amides is 1. The number of hydrogen-bond donors (Lipinski definition) is 1. The third kappa shape index (κ3) is 2.07. The van der Waals surface area contributed by atoms with Crippen LogP contribution in [-0.4, -0.2) is 40.0 Å². The summed E-state index contributed by atoms with van der Waals surface area (Å²) >= 11 is 1.14. The molecule has 0 saturated heterocycles. The molecule has 0 radical (unpaired) electrons. The summed E-state index contributed by atoms with van der Waals surface area (Å²) in [7, 11) is 1.71. The predicted octanol–water partition coefficient (Wildman–Crippen LogP) is 2.42. The molecule has 0 spiro atoms. The van der Waals surface area contributed by atoms with E-state index < -0.39 is 5.97 Å². The SMILES string of the molecule is Cc1c(C(=O)O)sc2nc(-c3ccc4c(c3)N(C)C(=O)CO4)cn12. The number of aromatic nitrogens is 2. The quantitative estimate of drug-likeness (QED) is 0.772. The molecular formula is C16H13N3O4S. The molecule has 1 aromatic carbocycles. The summed E-state index contributed by atoms with van der Waals surface area (Å²) in [4.78, 5) is 30.0. The maximum atomic E-state index is 11.8. The number of anilines is 1. The Morgan fingerprint density at radius 1 is 1.42 bits per heavy atom. The molecule has 122 valence electrons. The van der Waals surface area contributed by atoms with E-state index in [4.69, 9.17) is 4.74 Å². The Balaban J connectivity index is 1.81. The van der Waals surface area contributed by atoms with Crippen molar-refractivity contribution in [2.45, 2.75) is 6.92 Å². The molecule has 7 nitrogen and oxygen atoms in total. The number of aromatic carboxylic acids is 1. The molecule has 0 bridgehead atoms. The van der Waals surface area contributed by atoms with Crippen molar-refractivity contribution in [1.82, 2.24) is 9.38 Å². The first-order chi connectivity index (χ1) is 11.5. The maximum absolute atomic E-state index is 11.8. The molecule has 0 fully saturated rings. The minimum Gasteiger partial charge on any atom is -0.482 e. The van der Waals surface area contributed by atoms with Crippen LogP contribution in [0.25, 0.3) is 16.2 Å². The Morgan fingerprint density at radius 2 is 2.21 bits per heavy atom. The van der Waals surface area contributed by atoms with E-state index in [0.717, 1.165) is 22.6 Å². The topological polar surface area (TPSA) is 84.1 Å². The van der Waals surface area contributed by atoms with Crippen LogP contribution in [0.5, 0.6) is 5.75 Å². The lowest BCUT2D eigenvalue weighted by Crippen LogP contribution is -2.35. The average molecular weight is 343 g/mol. The van der Waals surface area contributed by atoms with Crippen LogP contribution in [0.3, 0.4) is 0 Å². The van der Waals surface area contributed by atoms with Crippen LogP contribution < -0.4 is 9.64 Å². The molecular weight excluding hydrogens is 330 g/mol. The Hall–Kier alpha value is -2.87. The van der Waals surface area contributed by atoms with Gasteiger partial charge in [-0.05, 0) is 25.1 Å². The maximum Gasteiger partial charge on any atom is 0.347 e. The summed E-state index contributed by atoms with van der Waals surface area (Å²) in [5.41, 5.74) is 2.90. The van der Waals surface area contributed by atoms with Crippen molar-refractivity contribution in [3.8, 4) is 17.0 Å². The summed E-state index contributed by atoms with van der Waals surface area (Å²) in [6.45, 7) is 1.80. The highest BCUT2D eigenvalue weighted by molar-refractivity contribution is 7.19. The second-order valence-corrected chi connectivity index (χ2v) is 6.50. The fraction of sp³-hybridized carbons (Fsp3) is 0.188. The second-order valence-electron chi connectivity index (χ2n) is 5.52. The van der Waals surface area contributed by atoms with Crippen LogP contribution in [0.15, 0.2) is 24.4 Å². The minimum atomic E-state index is -0.949. The number of fused-ring (bicyclic) bond motifs is 2. The standard InChI is InChI=1S/C16H13N3O4S/c1-8-14(15(21)22)24-16-17-10(6-19(8)16)9-3-4-12-11(5-9)18(2)13(20)7-23-12/h3-6H,7H2,1-2H3,(H,21,22). The summed E-state index contributed by atoms with van der Waals surface area (Å²) in [5.74, 6) is -0.394. The molecule has 2 aromatic heterocycles. The van der Waals surface area contributed by atoms with Gasteiger partial charge in [0.25, 0.3) is 5.91 Å². The number of carboxylic acids is 1. The molecule has 3 heterocycles. The van der Waals surface area contributed by atoms with Gasteiger partial charge < -0.3 is 14.7 Å². The Kier molecular flexibility index (Phi) is 3.10. The summed E-state index contributed by atoms with van der Waals surface area (Å²) < 4.78 is 7.19. The molecule has 0 atom stereocenters. The van der Waals surface area contributed by atoms with Crippen molar-refractivity contribution < 1.29 is 19.4 Å². The minimum absolute atomic E-state index is 0.0419. The van der Waals surface area contributed by atoms with Gasteiger partial charge in [-0.15, -0.1) is 0 Å². The third-order valence-electron chi connectivity index (χ3n) is 4.09. The lowest BCUT2D eigenvalue weighted by molar-refractivity contribution is -0.120. The van der Waals surface area contributed by atoms with Crippen LogP contribution in [-0.2, 0) is 4.79 Å². The molecule has 0 unspecified atom stereocenters. The van der Waals surface area contributed by atoms with Crippen molar-refractivity contribution >= 4 is 33.9 Å². The van der Waals surface area contributed by atoms with Gasteiger partial charge in [-0.25, -0.2) is 9.78 Å². The number of aryl methyl sites for hydroxylation is 1. The third-order valence-corrected chi connectivity index (χ3v) is 5.24. The number of ether oxygens (including phenoxy) is 1. The lowest BCUT2D eigenvalue weighted by Gasteiger charge is -2.26. The van der Waals surface area contributed by atoms with E-state index in [1.807, 2.05) is 18.2 Å². The van der Waals surface area contributed by atoms with Crippen molar-refractivity contribution in [3.63, 3.8) is 0 Å². The fourth-order valence-electron chi connectivity index (χ4n) is 2.72. The number of thiazole rings is 1. The van der Waals surface area contributed by atoms with Crippen LogP contribution in [0.2, 0.25) is 0 Å². The first-order valence-corrected chi connectivity index (χ1v) is 8.03. The highest BCUT2D eigenvalue weighted by Gasteiger charge is 2.23. The Labute approximate surface area is 140 Å². The van der Waals surface area contributed by atoms with Crippen molar-refractivity contribution in [1.29, 1.82) is 0 Å². The molecule has 0 aliphatic carbocycles. The van der Waals surface area contributed by atoms with Crippen LogP contribution >= 0.6 is 11.3 Å². The van der Waals surface area contributed by atoms with Crippen molar-refractivity contribution in [3.05, 3.63) is 35.0 Å². The van der Waals surface area contributed by atoms with E-state index in [0.29, 0.717) is 22.1 Å². The largest absolute Gasteiger partial charge is 0.482 e. The van der Waals surface area contributed by atoms with Crippen LogP contribution in [0, 0.1) is 6.92 Å². The Morgan fingerprint density at radius 3 is 2.92 bits per heavy atom. The van der Waals surface area contributed by atoms with Gasteiger partial charge in [0.05, 0.1) is 11.4 Å². The molecule has 0 saturated carbocycles. The van der Waals surface area contributed by atoms with Gasteiger partial charge in [0.15, 0.2) is 11.6 Å². The molecule has 1 amide bonds. The van der Waals surface area contributed by atoms with Gasteiger partial charge in [0, 0.05) is 24.5 Å². The Bertz CT molecular complexity index is 1000. The molecule has 8 heteroatoms. The number of carbonyl (C=O) groups is 2. The number of carboxylic acid groups (broad SMARTS) is 1. The zero-order chi connectivity index (χ0) is 17.0.